The Morgan fingerprint density at radius 1 is 0.815 bits per heavy atom. The molecule has 4 rings (SSSR count). The van der Waals surface area contributed by atoms with E-state index in [1.165, 1.54) is 22.3 Å². The monoisotopic (exact) mass is 381 g/mol. The van der Waals surface area contributed by atoms with Gasteiger partial charge in [0.1, 0.15) is 0 Å². The van der Waals surface area contributed by atoms with Crippen LogP contribution >= 0.6 is 0 Å². The molecule has 4 heteroatoms. The maximum atomic E-state index is 13.0. The third kappa shape index (κ3) is 3.37. The fraction of sp³-hybridized carbons (Fsp3) is 0.391. The molecule has 0 aliphatic heterocycles. The minimum atomic E-state index is -3.51. The molecule has 3 unspecified atom stereocenters. The lowest BCUT2D eigenvalue weighted by Gasteiger charge is -2.32. The van der Waals surface area contributed by atoms with Crippen molar-refractivity contribution < 1.29 is 8.42 Å². The van der Waals surface area contributed by atoms with Crippen LogP contribution < -0.4 is 4.72 Å². The van der Waals surface area contributed by atoms with E-state index in [4.69, 9.17) is 0 Å². The zero-order valence-corrected chi connectivity index (χ0v) is 17.0. The fourth-order valence-corrected chi connectivity index (χ4v) is 6.12. The molecule has 2 aliphatic rings. The lowest BCUT2D eigenvalue weighted by molar-refractivity contribution is 0.302. The maximum absolute atomic E-state index is 13.0. The molecule has 2 aliphatic carbocycles. The van der Waals surface area contributed by atoms with Gasteiger partial charge < -0.3 is 0 Å². The zero-order chi connectivity index (χ0) is 19.2. The molecule has 1 N–H and O–H groups in total. The van der Waals surface area contributed by atoms with Gasteiger partial charge in [0.05, 0.1) is 4.90 Å². The highest BCUT2D eigenvalue weighted by Crippen LogP contribution is 2.50. The van der Waals surface area contributed by atoms with Gasteiger partial charge in [-0.15, -0.1) is 0 Å². The molecule has 0 heterocycles. The number of sulfonamides is 1. The molecule has 0 radical (unpaired) electrons. The summed E-state index contributed by atoms with van der Waals surface area (Å²) in [5.74, 6) is 0.548. The highest BCUT2D eigenvalue weighted by molar-refractivity contribution is 7.89. The number of fused-ring (bicyclic) bond motifs is 2. The van der Waals surface area contributed by atoms with Crippen molar-refractivity contribution in [1.29, 1.82) is 0 Å². The van der Waals surface area contributed by atoms with Gasteiger partial charge in [-0.3, -0.25) is 0 Å². The largest absolute Gasteiger partial charge is 0.240 e. The van der Waals surface area contributed by atoms with Crippen LogP contribution in [0.15, 0.2) is 59.0 Å². The maximum Gasteiger partial charge on any atom is 0.240 e. The summed E-state index contributed by atoms with van der Waals surface area (Å²) < 4.78 is 29.1. The molecule has 3 atom stereocenters. The molecular weight excluding hydrogens is 354 g/mol. The van der Waals surface area contributed by atoms with Crippen molar-refractivity contribution in [3.05, 3.63) is 70.8 Å². The molecular formula is C23H27NO2S. The molecule has 2 aromatic carbocycles. The molecule has 0 saturated heterocycles. The van der Waals surface area contributed by atoms with E-state index in [1.54, 1.807) is 12.1 Å². The average molecular weight is 382 g/mol. The third-order valence-electron chi connectivity index (χ3n) is 6.23. The van der Waals surface area contributed by atoms with Crippen LogP contribution in [-0.4, -0.2) is 14.5 Å². The Balaban J connectivity index is 1.65. The van der Waals surface area contributed by atoms with Gasteiger partial charge in [0.15, 0.2) is 0 Å². The fourth-order valence-electron chi connectivity index (χ4n) is 4.80. The van der Waals surface area contributed by atoms with Gasteiger partial charge in [-0.25, -0.2) is 13.1 Å². The highest BCUT2D eigenvalue weighted by atomic mass is 32.2. The number of hydrogen-bond acceptors (Lipinski definition) is 2. The Hall–Kier alpha value is -1.91. The number of benzene rings is 2. The van der Waals surface area contributed by atoms with Crippen molar-refractivity contribution in [2.75, 3.05) is 0 Å². The first-order valence-electron chi connectivity index (χ1n) is 9.73. The van der Waals surface area contributed by atoms with E-state index in [9.17, 15) is 8.42 Å². The third-order valence-corrected chi connectivity index (χ3v) is 7.71. The van der Waals surface area contributed by atoms with Gasteiger partial charge in [-0.05, 0) is 62.8 Å². The van der Waals surface area contributed by atoms with E-state index in [-0.39, 0.29) is 12.0 Å². The average Bonchev–Trinajstić information content (AvgIpc) is 2.77. The summed E-state index contributed by atoms with van der Waals surface area (Å²) in [5, 5.41) is 0. The smallest absolute Gasteiger partial charge is 0.207 e. The van der Waals surface area contributed by atoms with E-state index in [0.717, 1.165) is 24.8 Å². The van der Waals surface area contributed by atoms with Crippen LogP contribution in [0.5, 0.6) is 0 Å². The number of hydrogen-bond donors (Lipinski definition) is 1. The molecule has 142 valence electrons. The van der Waals surface area contributed by atoms with Crippen LogP contribution in [0.3, 0.4) is 0 Å². The standard InChI is InChI=1S/C23H27NO2S/c1-15-7-11-18(12-8-15)22-17(3)20-5-4-6-21(22)23(20)24-27(25,26)19-13-9-16(2)10-14-19/h7-14,20-21,23-24H,4-6H2,1-3H3. The van der Waals surface area contributed by atoms with Gasteiger partial charge in [0.25, 0.3) is 0 Å². The number of nitrogens with one attached hydrogen (secondary N) is 1. The first kappa shape index (κ1) is 18.5. The Morgan fingerprint density at radius 2 is 1.37 bits per heavy atom. The Bertz CT molecular complexity index is 972. The topological polar surface area (TPSA) is 46.2 Å². The van der Waals surface area contributed by atoms with Crippen molar-refractivity contribution >= 4 is 15.6 Å². The summed E-state index contributed by atoms with van der Waals surface area (Å²) in [6.45, 7) is 6.25. The first-order chi connectivity index (χ1) is 12.9. The number of rotatable bonds is 4. The van der Waals surface area contributed by atoms with Crippen LogP contribution in [0.25, 0.3) is 5.57 Å². The van der Waals surface area contributed by atoms with Crippen LogP contribution in [0.2, 0.25) is 0 Å². The van der Waals surface area contributed by atoms with Gasteiger partial charge in [0, 0.05) is 12.0 Å². The summed E-state index contributed by atoms with van der Waals surface area (Å²) >= 11 is 0. The lowest BCUT2D eigenvalue weighted by atomic mass is 9.80. The molecule has 0 aromatic heterocycles. The van der Waals surface area contributed by atoms with Gasteiger partial charge in [-0.2, -0.15) is 0 Å². The quantitative estimate of drug-likeness (QED) is 0.822. The second-order valence-electron chi connectivity index (χ2n) is 8.07. The van der Waals surface area contributed by atoms with Crippen molar-refractivity contribution in [1.82, 2.24) is 4.72 Å². The van der Waals surface area contributed by atoms with Gasteiger partial charge in [-0.1, -0.05) is 59.5 Å². The highest BCUT2D eigenvalue weighted by Gasteiger charge is 2.45. The summed E-state index contributed by atoms with van der Waals surface area (Å²) in [6.07, 6.45) is 3.25. The summed E-state index contributed by atoms with van der Waals surface area (Å²) in [4.78, 5) is 0.354. The van der Waals surface area contributed by atoms with E-state index < -0.39 is 10.0 Å². The van der Waals surface area contributed by atoms with E-state index >= 15 is 0 Å². The summed E-state index contributed by atoms with van der Waals surface area (Å²) in [7, 11) is -3.51. The Labute approximate surface area is 162 Å². The SMILES string of the molecule is CC1=C(c2ccc(C)cc2)C2CCCC1C2NS(=O)(=O)c1ccc(C)cc1. The zero-order valence-electron chi connectivity index (χ0n) is 16.2. The summed E-state index contributed by atoms with van der Waals surface area (Å²) in [5.41, 5.74) is 6.26. The van der Waals surface area contributed by atoms with Crippen LogP contribution in [0.4, 0.5) is 0 Å². The molecule has 1 saturated carbocycles. The number of aryl methyl sites for hydroxylation is 2. The minimum absolute atomic E-state index is 0.0404. The second-order valence-corrected chi connectivity index (χ2v) is 9.78. The predicted molar refractivity (Wildman–Crippen MR) is 110 cm³/mol. The second kappa shape index (κ2) is 6.92. The Kier molecular flexibility index (Phi) is 4.73. The van der Waals surface area contributed by atoms with Gasteiger partial charge in [0.2, 0.25) is 10.0 Å². The molecule has 2 bridgehead atoms. The van der Waals surface area contributed by atoms with Crippen molar-refractivity contribution in [3.63, 3.8) is 0 Å². The van der Waals surface area contributed by atoms with Crippen LogP contribution in [-0.2, 0) is 10.0 Å². The molecule has 0 spiro atoms. The van der Waals surface area contributed by atoms with E-state index in [0.29, 0.717) is 10.8 Å². The van der Waals surface area contributed by atoms with E-state index in [2.05, 4.69) is 42.8 Å². The lowest BCUT2D eigenvalue weighted by Crippen LogP contribution is -2.44. The van der Waals surface area contributed by atoms with Crippen LogP contribution in [0, 0.1) is 25.7 Å². The van der Waals surface area contributed by atoms with Crippen molar-refractivity contribution in [2.45, 2.75) is 51.0 Å². The molecule has 27 heavy (non-hydrogen) atoms. The minimum Gasteiger partial charge on any atom is -0.207 e. The van der Waals surface area contributed by atoms with Crippen molar-refractivity contribution in [3.8, 4) is 0 Å². The van der Waals surface area contributed by atoms with E-state index in [1.807, 2.05) is 19.1 Å². The Morgan fingerprint density at radius 3 is 2.00 bits per heavy atom. The van der Waals surface area contributed by atoms with Crippen molar-refractivity contribution in [2.24, 2.45) is 11.8 Å². The molecule has 3 nitrogen and oxygen atoms in total. The summed E-state index contributed by atoms with van der Waals surface area (Å²) in [6, 6.07) is 15.7. The van der Waals surface area contributed by atoms with Gasteiger partial charge >= 0.3 is 0 Å². The molecule has 1 fully saturated rings. The molecule has 2 aromatic rings. The predicted octanol–water partition coefficient (Wildman–Crippen LogP) is 4.85. The normalized spacial score (nSPS) is 25.1. The van der Waals surface area contributed by atoms with Crippen LogP contribution in [0.1, 0.15) is 42.9 Å². The first-order valence-corrected chi connectivity index (χ1v) is 11.2. The molecule has 0 amide bonds.